The van der Waals surface area contributed by atoms with Gasteiger partial charge in [-0.3, -0.25) is 9.36 Å². The van der Waals surface area contributed by atoms with Crippen LogP contribution >= 0.6 is 23.6 Å². The van der Waals surface area contributed by atoms with Crippen molar-refractivity contribution >= 4 is 41.2 Å². The molecular formula is C21H19N3O5S2. The molecule has 10 heteroatoms. The highest BCUT2D eigenvalue weighted by atomic mass is 32.1. The molecule has 160 valence electrons. The average Bonchev–Trinajstić information content (AvgIpc) is 3.35. The minimum absolute atomic E-state index is 0.194. The van der Waals surface area contributed by atoms with Crippen LogP contribution in [0.15, 0.2) is 42.5 Å². The van der Waals surface area contributed by atoms with Gasteiger partial charge < -0.3 is 25.3 Å². The SMILES string of the molecule is CCOC(=O)c1ccc(-n2c(N)c(C(=O)NCc3ccc4c(c3)OCO4)sc2=S)cc1. The van der Waals surface area contributed by atoms with E-state index in [1.165, 1.54) is 0 Å². The van der Waals surface area contributed by atoms with Gasteiger partial charge in [0.2, 0.25) is 6.79 Å². The Bertz CT molecular complexity index is 1200. The number of rotatable bonds is 6. The summed E-state index contributed by atoms with van der Waals surface area (Å²) >= 11 is 6.54. The molecule has 2 heterocycles. The van der Waals surface area contributed by atoms with Crippen molar-refractivity contribution in [1.82, 2.24) is 9.88 Å². The molecule has 0 unspecified atom stereocenters. The van der Waals surface area contributed by atoms with Gasteiger partial charge in [0.1, 0.15) is 10.7 Å². The summed E-state index contributed by atoms with van der Waals surface area (Å²) < 4.78 is 17.7. The maximum absolute atomic E-state index is 12.7. The molecule has 1 amide bonds. The van der Waals surface area contributed by atoms with Gasteiger partial charge >= 0.3 is 5.97 Å². The largest absolute Gasteiger partial charge is 0.462 e. The first-order valence-electron chi connectivity index (χ1n) is 9.43. The van der Waals surface area contributed by atoms with Gasteiger partial charge in [0.15, 0.2) is 15.5 Å². The summed E-state index contributed by atoms with van der Waals surface area (Å²) in [7, 11) is 0. The third kappa shape index (κ3) is 4.25. The van der Waals surface area contributed by atoms with E-state index >= 15 is 0 Å². The number of ether oxygens (including phenoxy) is 3. The monoisotopic (exact) mass is 457 g/mol. The van der Waals surface area contributed by atoms with Crippen LogP contribution in [0.4, 0.5) is 5.82 Å². The van der Waals surface area contributed by atoms with E-state index in [4.69, 9.17) is 32.2 Å². The zero-order valence-corrected chi connectivity index (χ0v) is 18.2. The lowest BCUT2D eigenvalue weighted by atomic mass is 10.2. The highest BCUT2D eigenvalue weighted by Crippen LogP contribution is 2.32. The molecule has 0 saturated carbocycles. The molecule has 0 saturated heterocycles. The molecule has 31 heavy (non-hydrogen) atoms. The number of esters is 1. The van der Waals surface area contributed by atoms with Gasteiger partial charge in [-0.1, -0.05) is 17.4 Å². The van der Waals surface area contributed by atoms with Gasteiger partial charge in [0.05, 0.1) is 12.2 Å². The molecule has 2 aromatic carbocycles. The molecule has 1 aliphatic rings. The number of thiazole rings is 1. The van der Waals surface area contributed by atoms with E-state index in [-0.39, 0.29) is 18.5 Å². The number of carbonyl (C=O) groups is 2. The lowest BCUT2D eigenvalue weighted by Gasteiger charge is -2.08. The number of nitrogens with zero attached hydrogens (tertiary/aromatic N) is 1. The smallest absolute Gasteiger partial charge is 0.338 e. The number of hydrogen-bond donors (Lipinski definition) is 2. The lowest BCUT2D eigenvalue weighted by molar-refractivity contribution is 0.0526. The van der Waals surface area contributed by atoms with E-state index in [2.05, 4.69) is 5.32 Å². The standard InChI is InChI=1S/C21H19N3O5S2/c1-2-27-20(26)13-4-6-14(7-5-13)24-18(22)17(31-21(24)30)19(25)23-10-12-3-8-15-16(9-12)29-11-28-15/h3-9H,2,10-11,22H2,1H3,(H,23,25). The van der Waals surface area contributed by atoms with Gasteiger partial charge in [0, 0.05) is 12.2 Å². The molecule has 1 aromatic heterocycles. The maximum atomic E-state index is 12.7. The Hall–Kier alpha value is -3.37. The average molecular weight is 458 g/mol. The summed E-state index contributed by atoms with van der Waals surface area (Å²) in [5, 5.41) is 2.85. The molecule has 0 aliphatic carbocycles. The van der Waals surface area contributed by atoms with Gasteiger partial charge in [-0.2, -0.15) is 0 Å². The Balaban J connectivity index is 1.50. The Morgan fingerprint density at radius 2 is 1.94 bits per heavy atom. The molecule has 0 bridgehead atoms. The fraction of sp³-hybridized carbons (Fsp3) is 0.190. The molecule has 0 atom stereocenters. The predicted octanol–water partition coefficient (Wildman–Crippen LogP) is 3.69. The lowest BCUT2D eigenvalue weighted by Crippen LogP contribution is -2.23. The molecule has 0 spiro atoms. The second kappa shape index (κ2) is 8.78. The van der Waals surface area contributed by atoms with E-state index in [0.29, 0.717) is 44.7 Å². The van der Waals surface area contributed by atoms with Crippen molar-refractivity contribution in [2.24, 2.45) is 0 Å². The highest BCUT2D eigenvalue weighted by molar-refractivity contribution is 7.73. The van der Waals surface area contributed by atoms with Crippen LogP contribution in [0.3, 0.4) is 0 Å². The third-order valence-electron chi connectivity index (χ3n) is 4.58. The molecule has 1 aliphatic heterocycles. The Morgan fingerprint density at radius 1 is 1.19 bits per heavy atom. The van der Waals surface area contributed by atoms with E-state index in [1.54, 1.807) is 41.8 Å². The zero-order chi connectivity index (χ0) is 22.0. The summed E-state index contributed by atoms with van der Waals surface area (Å²) in [5.41, 5.74) is 8.19. The fourth-order valence-electron chi connectivity index (χ4n) is 3.07. The van der Waals surface area contributed by atoms with Crippen molar-refractivity contribution < 1.29 is 23.8 Å². The highest BCUT2D eigenvalue weighted by Gasteiger charge is 2.19. The van der Waals surface area contributed by atoms with Crippen molar-refractivity contribution in [3.63, 3.8) is 0 Å². The van der Waals surface area contributed by atoms with Crippen LogP contribution in [0.5, 0.6) is 11.5 Å². The molecule has 4 rings (SSSR count). The third-order valence-corrected chi connectivity index (χ3v) is 5.97. The van der Waals surface area contributed by atoms with E-state index in [0.717, 1.165) is 16.9 Å². The van der Waals surface area contributed by atoms with Crippen LogP contribution in [0.25, 0.3) is 5.69 Å². The van der Waals surface area contributed by atoms with E-state index in [9.17, 15) is 9.59 Å². The number of anilines is 1. The molecular weight excluding hydrogens is 438 g/mol. The number of benzene rings is 2. The number of amides is 1. The van der Waals surface area contributed by atoms with Crippen LogP contribution in [0, 0.1) is 3.95 Å². The van der Waals surface area contributed by atoms with Gasteiger partial charge in [-0.15, -0.1) is 0 Å². The molecule has 3 N–H and O–H groups in total. The molecule has 8 nitrogen and oxygen atoms in total. The first-order chi connectivity index (χ1) is 15.0. The second-order valence-corrected chi connectivity index (χ2v) is 8.20. The topological polar surface area (TPSA) is 105 Å². The first-order valence-corrected chi connectivity index (χ1v) is 10.7. The first kappa shape index (κ1) is 20.9. The number of fused-ring (bicyclic) bond motifs is 1. The van der Waals surface area contributed by atoms with Crippen LogP contribution in [-0.2, 0) is 11.3 Å². The minimum atomic E-state index is -0.403. The number of nitrogens with two attached hydrogens (primary N) is 1. The number of carbonyl (C=O) groups excluding carboxylic acids is 2. The van der Waals surface area contributed by atoms with Crippen LogP contribution in [-0.4, -0.2) is 29.8 Å². The Labute approximate surface area is 187 Å². The zero-order valence-electron chi connectivity index (χ0n) is 16.5. The number of aromatic nitrogens is 1. The quantitative estimate of drug-likeness (QED) is 0.430. The predicted molar refractivity (Wildman–Crippen MR) is 119 cm³/mol. The van der Waals surface area contributed by atoms with Crippen molar-refractivity contribution in [2.45, 2.75) is 13.5 Å². The summed E-state index contributed by atoms with van der Waals surface area (Å²) in [6.07, 6.45) is 0. The Morgan fingerprint density at radius 3 is 2.68 bits per heavy atom. The Kier molecular flexibility index (Phi) is 5.92. The molecule has 3 aromatic rings. The summed E-state index contributed by atoms with van der Waals surface area (Å²) in [4.78, 5) is 24.9. The maximum Gasteiger partial charge on any atom is 0.338 e. The van der Waals surface area contributed by atoms with Crippen molar-refractivity contribution in [2.75, 3.05) is 19.1 Å². The normalized spacial score (nSPS) is 11.9. The molecule has 0 fully saturated rings. The molecule has 0 radical (unpaired) electrons. The fourth-order valence-corrected chi connectivity index (χ4v) is 4.35. The van der Waals surface area contributed by atoms with Crippen LogP contribution < -0.4 is 20.5 Å². The van der Waals surface area contributed by atoms with E-state index < -0.39 is 5.97 Å². The summed E-state index contributed by atoms with van der Waals surface area (Å²) in [5.74, 6) is 0.845. The summed E-state index contributed by atoms with van der Waals surface area (Å²) in [6.45, 7) is 2.54. The van der Waals surface area contributed by atoms with Crippen LogP contribution in [0.1, 0.15) is 32.5 Å². The van der Waals surface area contributed by atoms with Crippen molar-refractivity contribution in [1.29, 1.82) is 0 Å². The number of nitrogen functional groups attached to an aromatic ring is 1. The second-order valence-electron chi connectivity index (χ2n) is 6.56. The van der Waals surface area contributed by atoms with Gasteiger partial charge in [0.25, 0.3) is 5.91 Å². The van der Waals surface area contributed by atoms with Crippen molar-refractivity contribution in [3.8, 4) is 17.2 Å². The van der Waals surface area contributed by atoms with Gasteiger partial charge in [-0.05, 0) is 61.1 Å². The van der Waals surface area contributed by atoms with E-state index in [1.807, 2.05) is 12.1 Å². The van der Waals surface area contributed by atoms with Crippen molar-refractivity contribution in [3.05, 3.63) is 62.4 Å². The number of nitrogens with one attached hydrogen (secondary N) is 1. The van der Waals surface area contributed by atoms with Crippen LogP contribution in [0.2, 0.25) is 0 Å². The van der Waals surface area contributed by atoms with Gasteiger partial charge in [-0.25, -0.2) is 4.79 Å². The summed E-state index contributed by atoms with van der Waals surface area (Å²) in [6, 6.07) is 12.2. The number of hydrogen-bond acceptors (Lipinski definition) is 8. The minimum Gasteiger partial charge on any atom is -0.462 e.